The fourth-order valence-electron chi connectivity index (χ4n) is 0.879. The van der Waals surface area contributed by atoms with Crippen molar-refractivity contribution in [3.63, 3.8) is 0 Å². The lowest BCUT2D eigenvalue weighted by atomic mass is 10.3. The predicted octanol–water partition coefficient (Wildman–Crippen LogP) is 0.242. The topological polar surface area (TPSA) is 15.3 Å². The molecule has 0 bridgehead atoms. The molecule has 0 radical (unpaired) electrons. The zero-order valence-electron chi connectivity index (χ0n) is 5.02. The minimum absolute atomic E-state index is 0.640. The van der Waals surface area contributed by atoms with E-state index in [4.69, 9.17) is 0 Å². The lowest BCUT2D eigenvalue weighted by Crippen LogP contribution is -2.45. The maximum absolute atomic E-state index is 3.52. The second kappa shape index (κ2) is 2.80. The first-order chi connectivity index (χ1) is 3.79. The predicted molar refractivity (Wildman–Crippen MR) is 38.2 cm³/mol. The van der Waals surface area contributed by atoms with Crippen LogP contribution >= 0.6 is 15.9 Å². The second-order valence-electron chi connectivity index (χ2n) is 2.25. The van der Waals surface area contributed by atoms with E-state index in [0.29, 0.717) is 4.83 Å². The molecule has 0 aromatic rings. The highest BCUT2D eigenvalue weighted by molar-refractivity contribution is 9.09. The van der Waals surface area contributed by atoms with Crippen LogP contribution in [0.25, 0.3) is 0 Å². The van der Waals surface area contributed by atoms with Crippen LogP contribution in [0.5, 0.6) is 0 Å². The van der Waals surface area contributed by atoms with Crippen molar-refractivity contribution in [2.45, 2.75) is 4.83 Å². The van der Waals surface area contributed by atoms with E-state index < -0.39 is 0 Å². The van der Waals surface area contributed by atoms with Crippen LogP contribution in [-0.2, 0) is 0 Å². The van der Waals surface area contributed by atoms with Gasteiger partial charge in [-0.2, -0.15) is 0 Å². The maximum Gasteiger partial charge on any atom is 0.0478 e. The summed E-state index contributed by atoms with van der Waals surface area (Å²) in [5.74, 6) is 0. The van der Waals surface area contributed by atoms with Gasteiger partial charge in [0.25, 0.3) is 0 Å². The minimum atomic E-state index is 0.640. The highest BCUT2D eigenvalue weighted by Gasteiger charge is 2.11. The third-order valence-corrected chi connectivity index (χ3v) is 1.87. The summed E-state index contributed by atoms with van der Waals surface area (Å²) >= 11 is 3.52. The van der Waals surface area contributed by atoms with E-state index in [1.807, 2.05) is 0 Å². The summed E-state index contributed by atoms with van der Waals surface area (Å²) < 4.78 is 0. The van der Waals surface area contributed by atoms with Crippen LogP contribution in [0.3, 0.4) is 0 Å². The normalized spacial score (nSPS) is 33.0. The van der Waals surface area contributed by atoms with Crippen molar-refractivity contribution >= 4 is 15.9 Å². The molecule has 48 valence electrons. The lowest BCUT2D eigenvalue weighted by Gasteiger charge is -2.26. The fourth-order valence-corrected chi connectivity index (χ4v) is 1.60. The highest BCUT2D eigenvalue weighted by Crippen LogP contribution is 2.02. The first kappa shape index (κ1) is 6.52. The molecule has 1 saturated heterocycles. The van der Waals surface area contributed by atoms with Gasteiger partial charge in [0, 0.05) is 24.6 Å². The van der Waals surface area contributed by atoms with E-state index in [1.54, 1.807) is 0 Å². The second-order valence-corrected chi connectivity index (χ2v) is 3.54. The SMILES string of the molecule is CN1CNCC(Br)C1. The minimum Gasteiger partial charge on any atom is -0.303 e. The van der Waals surface area contributed by atoms with E-state index in [2.05, 4.69) is 33.2 Å². The van der Waals surface area contributed by atoms with Gasteiger partial charge in [0.15, 0.2) is 0 Å². The Labute approximate surface area is 58.4 Å². The van der Waals surface area contributed by atoms with Gasteiger partial charge < -0.3 is 5.32 Å². The van der Waals surface area contributed by atoms with Crippen LogP contribution in [0.1, 0.15) is 0 Å². The molecule has 0 aliphatic carbocycles. The number of hydrogen-bond acceptors (Lipinski definition) is 2. The molecule has 1 aliphatic heterocycles. The lowest BCUT2D eigenvalue weighted by molar-refractivity contribution is 0.269. The first-order valence-corrected chi connectivity index (χ1v) is 3.74. The summed E-state index contributed by atoms with van der Waals surface area (Å²) in [7, 11) is 2.11. The van der Waals surface area contributed by atoms with Crippen molar-refractivity contribution in [2.75, 3.05) is 26.8 Å². The Kier molecular flexibility index (Phi) is 2.28. The monoisotopic (exact) mass is 178 g/mol. The molecule has 3 heteroatoms. The van der Waals surface area contributed by atoms with E-state index in [-0.39, 0.29) is 0 Å². The Morgan fingerprint density at radius 1 is 1.75 bits per heavy atom. The molecule has 0 amide bonds. The summed E-state index contributed by atoms with van der Waals surface area (Å²) in [6.45, 7) is 3.29. The number of alkyl halides is 1. The standard InChI is InChI=1S/C5H11BrN2/c1-8-3-5(6)2-7-4-8/h5,7H,2-4H2,1H3. The molecule has 2 nitrogen and oxygen atoms in total. The van der Waals surface area contributed by atoms with Gasteiger partial charge in [-0.3, -0.25) is 4.90 Å². The molecule has 0 spiro atoms. The summed E-state index contributed by atoms with van der Waals surface area (Å²) in [6.07, 6.45) is 0. The van der Waals surface area contributed by atoms with E-state index >= 15 is 0 Å². The van der Waals surface area contributed by atoms with Gasteiger partial charge in [0.1, 0.15) is 0 Å². The summed E-state index contributed by atoms with van der Waals surface area (Å²) in [5, 5.41) is 3.26. The average Bonchev–Trinajstić information content (AvgIpc) is 1.64. The Morgan fingerprint density at radius 2 is 2.50 bits per heavy atom. The fraction of sp³-hybridized carbons (Fsp3) is 1.00. The maximum atomic E-state index is 3.52. The molecule has 1 rings (SSSR count). The van der Waals surface area contributed by atoms with Gasteiger partial charge in [0.05, 0.1) is 0 Å². The van der Waals surface area contributed by atoms with Gasteiger partial charge in [-0.1, -0.05) is 15.9 Å². The van der Waals surface area contributed by atoms with E-state index in [1.165, 1.54) is 0 Å². The van der Waals surface area contributed by atoms with Crippen molar-refractivity contribution < 1.29 is 0 Å². The van der Waals surface area contributed by atoms with Crippen LogP contribution in [0, 0.1) is 0 Å². The summed E-state index contributed by atoms with van der Waals surface area (Å²) in [6, 6.07) is 0. The van der Waals surface area contributed by atoms with Crippen molar-refractivity contribution in [1.29, 1.82) is 0 Å². The number of halogens is 1. The smallest absolute Gasteiger partial charge is 0.0478 e. The average molecular weight is 179 g/mol. The first-order valence-electron chi connectivity index (χ1n) is 2.82. The van der Waals surface area contributed by atoms with Gasteiger partial charge in [0.2, 0.25) is 0 Å². The Morgan fingerprint density at radius 3 is 2.88 bits per heavy atom. The van der Waals surface area contributed by atoms with Gasteiger partial charge in [-0.25, -0.2) is 0 Å². The largest absolute Gasteiger partial charge is 0.303 e. The van der Waals surface area contributed by atoms with E-state index in [9.17, 15) is 0 Å². The molecule has 1 atom stereocenters. The molecule has 1 aliphatic rings. The molecule has 0 aromatic carbocycles. The third-order valence-electron chi connectivity index (χ3n) is 1.26. The van der Waals surface area contributed by atoms with Gasteiger partial charge in [-0.15, -0.1) is 0 Å². The zero-order valence-corrected chi connectivity index (χ0v) is 6.61. The zero-order chi connectivity index (χ0) is 5.98. The number of hydrogen-bond donors (Lipinski definition) is 1. The Hall–Kier alpha value is 0.400. The highest BCUT2D eigenvalue weighted by atomic mass is 79.9. The van der Waals surface area contributed by atoms with Crippen LogP contribution in [0.4, 0.5) is 0 Å². The van der Waals surface area contributed by atoms with Crippen LogP contribution < -0.4 is 5.32 Å². The molecular formula is C5H11BrN2. The molecule has 1 heterocycles. The van der Waals surface area contributed by atoms with Crippen molar-refractivity contribution in [3.8, 4) is 0 Å². The molecule has 0 aromatic heterocycles. The number of nitrogens with one attached hydrogen (secondary N) is 1. The third kappa shape index (κ3) is 1.73. The molecule has 1 fully saturated rings. The van der Waals surface area contributed by atoms with Crippen LogP contribution in [0.2, 0.25) is 0 Å². The van der Waals surface area contributed by atoms with Gasteiger partial charge >= 0.3 is 0 Å². The van der Waals surface area contributed by atoms with Crippen molar-refractivity contribution in [1.82, 2.24) is 10.2 Å². The Balaban J connectivity index is 2.23. The number of nitrogens with zero attached hydrogens (tertiary/aromatic N) is 1. The van der Waals surface area contributed by atoms with Gasteiger partial charge in [-0.05, 0) is 7.05 Å². The summed E-state index contributed by atoms with van der Waals surface area (Å²) in [5.41, 5.74) is 0. The number of rotatable bonds is 0. The molecule has 8 heavy (non-hydrogen) atoms. The van der Waals surface area contributed by atoms with Crippen LogP contribution in [0.15, 0.2) is 0 Å². The van der Waals surface area contributed by atoms with Crippen LogP contribution in [-0.4, -0.2) is 36.5 Å². The summed E-state index contributed by atoms with van der Waals surface area (Å²) in [4.78, 5) is 2.89. The quantitative estimate of drug-likeness (QED) is 0.536. The molecular weight excluding hydrogens is 168 g/mol. The molecule has 1 unspecified atom stereocenters. The van der Waals surface area contributed by atoms with E-state index in [0.717, 1.165) is 19.8 Å². The Bertz CT molecular complexity index is 68.8. The van der Waals surface area contributed by atoms with Crippen molar-refractivity contribution in [3.05, 3.63) is 0 Å². The molecule has 0 saturated carbocycles. The van der Waals surface area contributed by atoms with Crippen molar-refractivity contribution in [2.24, 2.45) is 0 Å². The molecule has 1 N–H and O–H groups in total.